The van der Waals surface area contributed by atoms with Crippen LogP contribution in [0.1, 0.15) is 52.2 Å². The third kappa shape index (κ3) is 4.25. The Morgan fingerprint density at radius 3 is 2.00 bits per heavy atom. The minimum Gasteiger partial charge on any atom is -0.507 e. The van der Waals surface area contributed by atoms with Crippen LogP contribution in [0.15, 0.2) is 41.5 Å². The number of phenolic OH excluding ortho intramolecular Hbond substituents is 2. The van der Waals surface area contributed by atoms with Crippen LogP contribution in [-0.2, 0) is 6.42 Å². The lowest BCUT2D eigenvalue weighted by Gasteiger charge is -2.15. The van der Waals surface area contributed by atoms with Gasteiger partial charge in [0.05, 0.1) is 5.56 Å². The molecule has 0 aromatic heterocycles. The van der Waals surface area contributed by atoms with Gasteiger partial charge in [0.1, 0.15) is 11.5 Å². The van der Waals surface area contributed by atoms with Crippen molar-refractivity contribution in [1.29, 1.82) is 0 Å². The van der Waals surface area contributed by atoms with Gasteiger partial charge in [0.25, 0.3) is 0 Å². The van der Waals surface area contributed by atoms with Gasteiger partial charge in [-0.3, -0.25) is 0 Å². The number of rotatable bonds is 5. The maximum Gasteiger partial charge on any atom is 0.127 e. The minimum atomic E-state index is 0.117. The number of hydrogen-bond donors (Lipinski definition) is 2. The summed E-state index contributed by atoms with van der Waals surface area (Å²) in [6.07, 6.45) is 3.78. The Hall–Kier alpha value is -1.96. The molecule has 0 atom stereocenters. The van der Waals surface area contributed by atoms with E-state index in [2.05, 4.69) is 13.5 Å². The fraction of sp³-hybridized carbons (Fsp3) is 0.368. The van der Waals surface area contributed by atoms with Crippen LogP contribution in [0.5, 0.6) is 11.5 Å². The predicted molar refractivity (Wildman–Crippen MR) is 90.6 cm³/mol. The minimum absolute atomic E-state index is 0.117. The summed E-state index contributed by atoms with van der Waals surface area (Å²) in [4.78, 5) is 0. The molecule has 0 heterocycles. The van der Waals surface area contributed by atoms with Gasteiger partial charge in [-0.25, -0.2) is 0 Å². The standard InChI is InChI=1S/C19H26O2/c1-7-8-15-10-17(20)19(18(21)11-15)16(9-12(2)3)14(6)13(4)5/h9-11,20-21H,4,7-8H2,1-3,5-6H3/b16-14-. The van der Waals surface area contributed by atoms with Crippen LogP contribution in [0.3, 0.4) is 0 Å². The zero-order chi connectivity index (χ0) is 16.2. The zero-order valence-corrected chi connectivity index (χ0v) is 13.7. The number of allylic oxidation sites excluding steroid dienone is 5. The van der Waals surface area contributed by atoms with Crippen LogP contribution in [0.4, 0.5) is 0 Å². The fourth-order valence-corrected chi connectivity index (χ4v) is 2.26. The summed E-state index contributed by atoms with van der Waals surface area (Å²) in [5.41, 5.74) is 5.23. The SMILES string of the molecule is C=C(C)/C(C)=C(/C=C(C)C)c1c(O)cc(CCC)cc1O. The van der Waals surface area contributed by atoms with E-state index in [0.717, 1.165) is 40.7 Å². The van der Waals surface area contributed by atoms with E-state index in [1.165, 1.54) is 0 Å². The van der Waals surface area contributed by atoms with E-state index in [1.54, 1.807) is 12.1 Å². The molecule has 1 aromatic carbocycles. The van der Waals surface area contributed by atoms with Gasteiger partial charge in [-0.15, -0.1) is 0 Å². The van der Waals surface area contributed by atoms with E-state index in [0.29, 0.717) is 5.56 Å². The first-order valence-corrected chi connectivity index (χ1v) is 7.34. The van der Waals surface area contributed by atoms with Crippen LogP contribution in [-0.4, -0.2) is 10.2 Å². The molecule has 0 fully saturated rings. The van der Waals surface area contributed by atoms with Gasteiger partial charge in [0.15, 0.2) is 0 Å². The Labute approximate surface area is 128 Å². The Balaban J connectivity index is 3.57. The Bertz CT molecular complexity index is 577. The topological polar surface area (TPSA) is 40.5 Å². The summed E-state index contributed by atoms with van der Waals surface area (Å²) in [6, 6.07) is 3.48. The number of benzene rings is 1. The highest BCUT2D eigenvalue weighted by Crippen LogP contribution is 2.39. The molecule has 0 aliphatic heterocycles. The van der Waals surface area contributed by atoms with E-state index in [-0.39, 0.29) is 11.5 Å². The van der Waals surface area contributed by atoms with E-state index in [9.17, 15) is 10.2 Å². The van der Waals surface area contributed by atoms with Crippen molar-refractivity contribution in [2.45, 2.75) is 47.5 Å². The first kappa shape index (κ1) is 17.1. The molecule has 0 bridgehead atoms. The molecule has 2 heteroatoms. The molecule has 0 aliphatic rings. The lowest BCUT2D eigenvalue weighted by molar-refractivity contribution is 0.446. The maximum atomic E-state index is 10.4. The Morgan fingerprint density at radius 2 is 1.62 bits per heavy atom. The molecule has 0 unspecified atom stereocenters. The quantitative estimate of drug-likeness (QED) is 0.715. The summed E-state index contributed by atoms with van der Waals surface area (Å²) in [6.45, 7) is 13.9. The molecular weight excluding hydrogens is 260 g/mol. The van der Waals surface area contributed by atoms with Crippen molar-refractivity contribution in [3.63, 3.8) is 0 Å². The normalized spacial score (nSPS) is 11.9. The molecule has 0 aliphatic carbocycles. The molecule has 114 valence electrons. The molecule has 1 aromatic rings. The van der Waals surface area contributed by atoms with Gasteiger partial charge >= 0.3 is 0 Å². The van der Waals surface area contributed by atoms with E-state index >= 15 is 0 Å². The average molecular weight is 286 g/mol. The Kier molecular flexibility index (Phi) is 5.83. The van der Waals surface area contributed by atoms with E-state index in [4.69, 9.17) is 0 Å². The highest BCUT2D eigenvalue weighted by Gasteiger charge is 2.15. The van der Waals surface area contributed by atoms with Crippen molar-refractivity contribution >= 4 is 5.57 Å². The molecule has 2 nitrogen and oxygen atoms in total. The molecule has 1 rings (SSSR count). The van der Waals surface area contributed by atoms with E-state index in [1.807, 2.05) is 33.8 Å². The summed E-state index contributed by atoms with van der Waals surface area (Å²) < 4.78 is 0. The van der Waals surface area contributed by atoms with Gasteiger partial charge in [-0.05, 0) is 63.0 Å². The number of hydrogen-bond acceptors (Lipinski definition) is 2. The lowest BCUT2D eigenvalue weighted by atomic mass is 9.92. The highest BCUT2D eigenvalue weighted by molar-refractivity contribution is 5.85. The van der Waals surface area contributed by atoms with Crippen molar-refractivity contribution in [3.8, 4) is 11.5 Å². The molecule has 0 amide bonds. The van der Waals surface area contributed by atoms with Gasteiger partial charge in [-0.2, -0.15) is 0 Å². The Morgan fingerprint density at radius 1 is 1.10 bits per heavy atom. The number of aromatic hydroxyl groups is 2. The van der Waals surface area contributed by atoms with Crippen LogP contribution in [0.2, 0.25) is 0 Å². The van der Waals surface area contributed by atoms with Gasteiger partial charge < -0.3 is 10.2 Å². The zero-order valence-electron chi connectivity index (χ0n) is 13.7. The molecule has 0 saturated carbocycles. The van der Waals surface area contributed by atoms with E-state index < -0.39 is 0 Å². The van der Waals surface area contributed by atoms with Crippen LogP contribution < -0.4 is 0 Å². The number of aryl methyl sites for hydroxylation is 1. The fourth-order valence-electron chi connectivity index (χ4n) is 2.26. The third-order valence-corrected chi connectivity index (χ3v) is 3.44. The lowest BCUT2D eigenvalue weighted by Crippen LogP contribution is -1.93. The second kappa shape index (κ2) is 7.16. The third-order valence-electron chi connectivity index (χ3n) is 3.44. The van der Waals surface area contributed by atoms with Crippen molar-refractivity contribution in [3.05, 3.63) is 52.6 Å². The average Bonchev–Trinajstić information content (AvgIpc) is 2.35. The smallest absolute Gasteiger partial charge is 0.127 e. The van der Waals surface area contributed by atoms with Gasteiger partial charge in [0, 0.05) is 0 Å². The van der Waals surface area contributed by atoms with Crippen molar-refractivity contribution < 1.29 is 10.2 Å². The molecule has 0 radical (unpaired) electrons. The maximum absolute atomic E-state index is 10.4. The van der Waals surface area contributed by atoms with Crippen molar-refractivity contribution in [2.75, 3.05) is 0 Å². The van der Waals surface area contributed by atoms with Gasteiger partial charge in [-0.1, -0.05) is 37.1 Å². The molecule has 0 saturated heterocycles. The number of phenols is 2. The second-order valence-electron chi connectivity index (χ2n) is 5.80. The van der Waals surface area contributed by atoms with Crippen molar-refractivity contribution in [2.24, 2.45) is 0 Å². The summed E-state index contributed by atoms with van der Waals surface area (Å²) in [5, 5.41) is 20.7. The van der Waals surface area contributed by atoms with Crippen LogP contribution in [0, 0.1) is 0 Å². The predicted octanol–water partition coefficient (Wildman–Crippen LogP) is 5.37. The molecule has 2 N–H and O–H groups in total. The highest BCUT2D eigenvalue weighted by atomic mass is 16.3. The summed E-state index contributed by atoms with van der Waals surface area (Å²) in [7, 11) is 0. The van der Waals surface area contributed by atoms with Crippen LogP contribution >= 0.6 is 0 Å². The van der Waals surface area contributed by atoms with Crippen molar-refractivity contribution in [1.82, 2.24) is 0 Å². The first-order valence-electron chi connectivity index (χ1n) is 7.34. The molecular formula is C19H26O2. The monoisotopic (exact) mass is 286 g/mol. The summed E-state index contributed by atoms with van der Waals surface area (Å²) in [5.74, 6) is 0.234. The first-order chi connectivity index (χ1) is 9.77. The second-order valence-corrected chi connectivity index (χ2v) is 5.80. The van der Waals surface area contributed by atoms with Gasteiger partial charge in [0.2, 0.25) is 0 Å². The molecule has 0 spiro atoms. The largest absolute Gasteiger partial charge is 0.507 e. The molecule has 21 heavy (non-hydrogen) atoms. The summed E-state index contributed by atoms with van der Waals surface area (Å²) >= 11 is 0. The van der Waals surface area contributed by atoms with Crippen LogP contribution in [0.25, 0.3) is 5.57 Å².